The van der Waals surface area contributed by atoms with Crippen LogP contribution in [-0.4, -0.2) is 100 Å². The van der Waals surface area contributed by atoms with Crippen LogP contribution in [0.25, 0.3) is 11.4 Å². The summed E-state index contributed by atoms with van der Waals surface area (Å²) in [7, 11) is 4.86. The van der Waals surface area contributed by atoms with Crippen molar-refractivity contribution < 1.29 is 14.3 Å². The summed E-state index contributed by atoms with van der Waals surface area (Å²) < 4.78 is 7.31. The molecule has 4 rings (SSSR count). The molecular weight excluding hydrogens is 488 g/mol. The van der Waals surface area contributed by atoms with Crippen LogP contribution in [-0.2, 0) is 7.05 Å². The van der Waals surface area contributed by atoms with Crippen LogP contribution in [0.1, 0.15) is 24.3 Å². The van der Waals surface area contributed by atoms with Crippen molar-refractivity contribution >= 4 is 29.1 Å². The highest BCUT2D eigenvalue weighted by molar-refractivity contribution is 6.00. The molecule has 38 heavy (non-hydrogen) atoms. The normalized spacial score (nSPS) is 13.4. The van der Waals surface area contributed by atoms with Crippen molar-refractivity contribution in [1.82, 2.24) is 40.1 Å². The molecule has 1 fully saturated rings. The van der Waals surface area contributed by atoms with Crippen molar-refractivity contribution in [2.75, 3.05) is 63.6 Å². The largest absolute Gasteiger partial charge is 0.494 e. The minimum atomic E-state index is -0.415. The average Bonchev–Trinajstić information content (AvgIpc) is 3.53. The molecular formula is C25H34N10O3. The van der Waals surface area contributed by atoms with Crippen LogP contribution in [0, 0.1) is 0 Å². The molecule has 2 aromatic heterocycles. The molecule has 1 aromatic carbocycles. The number of amides is 3. The molecule has 13 nitrogen and oxygen atoms in total. The van der Waals surface area contributed by atoms with Gasteiger partial charge in [-0.05, 0) is 25.2 Å². The molecule has 202 valence electrons. The molecule has 0 aliphatic carbocycles. The number of anilines is 3. The van der Waals surface area contributed by atoms with E-state index < -0.39 is 5.91 Å². The zero-order chi connectivity index (χ0) is 27.2. The molecule has 0 spiro atoms. The van der Waals surface area contributed by atoms with Gasteiger partial charge in [0.1, 0.15) is 6.33 Å². The molecule has 2 N–H and O–H groups in total. The summed E-state index contributed by atoms with van der Waals surface area (Å²) in [6.45, 7) is 8.60. The number of carbonyl (C=O) groups is 2. The highest BCUT2D eigenvalue weighted by atomic mass is 16.5. The highest BCUT2D eigenvalue weighted by Crippen LogP contribution is 2.37. The fourth-order valence-corrected chi connectivity index (χ4v) is 4.34. The zero-order valence-electron chi connectivity index (χ0n) is 22.4. The van der Waals surface area contributed by atoms with E-state index in [9.17, 15) is 9.59 Å². The number of para-hydroxylation sites is 1. The number of hydrogen-bond acceptors (Lipinski definition) is 9. The van der Waals surface area contributed by atoms with Gasteiger partial charge in [-0.3, -0.25) is 14.4 Å². The van der Waals surface area contributed by atoms with E-state index >= 15 is 0 Å². The lowest BCUT2D eigenvalue weighted by atomic mass is 10.1. The van der Waals surface area contributed by atoms with E-state index in [4.69, 9.17) is 4.74 Å². The van der Waals surface area contributed by atoms with E-state index in [0.717, 1.165) is 19.6 Å². The molecule has 0 radical (unpaired) electrons. The van der Waals surface area contributed by atoms with E-state index in [1.165, 1.54) is 7.05 Å². The fourth-order valence-electron chi connectivity index (χ4n) is 4.34. The van der Waals surface area contributed by atoms with Gasteiger partial charge in [-0.1, -0.05) is 19.9 Å². The Hall–Kier alpha value is -4.26. The van der Waals surface area contributed by atoms with Gasteiger partial charge < -0.3 is 25.2 Å². The summed E-state index contributed by atoms with van der Waals surface area (Å²) in [5.41, 5.74) is 1.73. The Labute approximate surface area is 221 Å². The molecule has 3 aromatic rings. The number of urea groups is 1. The molecule has 0 saturated carbocycles. The molecule has 1 saturated heterocycles. The summed E-state index contributed by atoms with van der Waals surface area (Å²) in [5.74, 6) is 0.943. The van der Waals surface area contributed by atoms with Crippen molar-refractivity contribution in [3.63, 3.8) is 0 Å². The van der Waals surface area contributed by atoms with E-state index in [1.54, 1.807) is 36.1 Å². The summed E-state index contributed by atoms with van der Waals surface area (Å²) in [6, 6.07) is 7.03. The van der Waals surface area contributed by atoms with Crippen LogP contribution in [0.5, 0.6) is 5.75 Å². The van der Waals surface area contributed by atoms with Gasteiger partial charge in [-0.15, -0.1) is 10.2 Å². The van der Waals surface area contributed by atoms with Gasteiger partial charge in [0.05, 0.1) is 24.0 Å². The zero-order valence-corrected chi connectivity index (χ0v) is 22.4. The molecule has 3 amide bonds. The van der Waals surface area contributed by atoms with Gasteiger partial charge in [0, 0.05) is 46.3 Å². The van der Waals surface area contributed by atoms with Crippen molar-refractivity contribution in [3.8, 4) is 17.1 Å². The van der Waals surface area contributed by atoms with Gasteiger partial charge in [-0.2, -0.15) is 5.10 Å². The molecule has 3 heterocycles. The number of ether oxygens (including phenoxy) is 1. The topological polar surface area (TPSA) is 134 Å². The minimum Gasteiger partial charge on any atom is -0.494 e. The Morgan fingerprint density at radius 2 is 1.95 bits per heavy atom. The SMILES string of the molecule is CCN(CC)CCN1CCN(c2cc(Nc3cccc(-c4ncn(C)n4)c3OC)c(C(=O)NC)nn2)C1=O. The summed E-state index contributed by atoms with van der Waals surface area (Å²) in [5, 5.41) is 18.6. The van der Waals surface area contributed by atoms with Gasteiger partial charge in [0.15, 0.2) is 23.1 Å². The van der Waals surface area contributed by atoms with Crippen molar-refractivity contribution in [3.05, 3.63) is 36.3 Å². The first-order valence-corrected chi connectivity index (χ1v) is 12.6. The Kier molecular flexibility index (Phi) is 8.36. The fraction of sp³-hybridized carbons (Fsp3) is 0.440. The van der Waals surface area contributed by atoms with Crippen molar-refractivity contribution in [1.29, 1.82) is 0 Å². The van der Waals surface area contributed by atoms with Crippen LogP contribution >= 0.6 is 0 Å². The summed E-state index contributed by atoms with van der Waals surface area (Å²) in [4.78, 5) is 35.8. The van der Waals surface area contributed by atoms with Crippen LogP contribution in [0.3, 0.4) is 0 Å². The van der Waals surface area contributed by atoms with Crippen LogP contribution < -0.4 is 20.3 Å². The number of benzene rings is 1. The third kappa shape index (κ3) is 5.52. The Morgan fingerprint density at radius 3 is 2.61 bits per heavy atom. The summed E-state index contributed by atoms with van der Waals surface area (Å²) >= 11 is 0. The maximum atomic E-state index is 13.2. The Balaban J connectivity index is 1.64. The number of likely N-dealkylation sites (N-methyl/N-ethyl adjacent to an activating group) is 1. The number of nitrogens with zero attached hydrogens (tertiary/aromatic N) is 8. The van der Waals surface area contributed by atoms with E-state index in [-0.39, 0.29) is 11.7 Å². The standard InChI is InChI=1S/C25H34N10O3/c1-6-33(7-2)11-12-34-13-14-35(25(34)37)20-15-19(21(30-29-20)24(36)26-3)28-18-10-8-9-17(22(18)38-5)23-27-16-32(4)31-23/h8-10,15-16H,6-7,11-14H2,1-5H3,(H,26,36)(H,28,29). The molecule has 13 heteroatoms. The maximum absolute atomic E-state index is 13.2. The second-order valence-corrected chi connectivity index (χ2v) is 8.75. The first-order chi connectivity index (χ1) is 18.4. The molecule has 0 bridgehead atoms. The second kappa shape index (κ2) is 11.9. The molecule has 1 aliphatic heterocycles. The lowest BCUT2D eigenvalue weighted by Gasteiger charge is -2.23. The van der Waals surface area contributed by atoms with Crippen LogP contribution in [0.4, 0.5) is 22.0 Å². The van der Waals surface area contributed by atoms with E-state index in [1.807, 2.05) is 23.1 Å². The lowest BCUT2D eigenvalue weighted by Crippen LogP contribution is -2.38. The predicted octanol–water partition coefficient (Wildman–Crippen LogP) is 1.97. The smallest absolute Gasteiger partial charge is 0.325 e. The first-order valence-electron chi connectivity index (χ1n) is 12.6. The molecule has 1 aliphatic rings. The van der Waals surface area contributed by atoms with Gasteiger partial charge in [-0.25, -0.2) is 9.78 Å². The number of rotatable bonds is 11. The highest BCUT2D eigenvalue weighted by Gasteiger charge is 2.31. The number of aryl methyl sites for hydroxylation is 1. The third-order valence-corrected chi connectivity index (χ3v) is 6.50. The van der Waals surface area contributed by atoms with Gasteiger partial charge >= 0.3 is 6.03 Å². The second-order valence-electron chi connectivity index (χ2n) is 8.75. The Bertz CT molecular complexity index is 1290. The van der Waals surface area contributed by atoms with Crippen LogP contribution in [0.2, 0.25) is 0 Å². The number of carbonyl (C=O) groups excluding carboxylic acids is 2. The van der Waals surface area contributed by atoms with Crippen LogP contribution in [0.15, 0.2) is 30.6 Å². The number of aromatic nitrogens is 5. The van der Waals surface area contributed by atoms with Crippen molar-refractivity contribution in [2.45, 2.75) is 13.8 Å². The molecule has 0 atom stereocenters. The Morgan fingerprint density at radius 1 is 1.16 bits per heavy atom. The summed E-state index contributed by atoms with van der Waals surface area (Å²) in [6.07, 6.45) is 1.61. The predicted molar refractivity (Wildman–Crippen MR) is 144 cm³/mol. The average molecular weight is 523 g/mol. The minimum absolute atomic E-state index is 0.0877. The van der Waals surface area contributed by atoms with E-state index in [2.05, 4.69) is 49.7 Å². The van der Waals surface area contributed by atoms with Gasteiger partial charge in [0.2, 0.25) is 0 Å². The quantitative estimate of drug-likeness (QED) is 0.388. The van der Waals surface area contributed by atoms with Crippen molar-refractivity contribution in [2.24, 2.45) is 7.05 Å². The van der Waals surface area contributed by atoms with E-state index in [0.29, 0.717) is 54.0 Å². The molecule has 0 unspecified atom stereocenters. The lowest BCUT2D eigenvalue weighted by molar-refractivity contribution is 0.0958. The maximum Gasteiger partial charge on any atom is 0.325 e. The number of methoxy groups -OCH3 is 1. The first kappa shape index (κ1) is 26.8. The number of nitrogens with one attached hydrogen (secondary N) is 2. The van der Waals surface area contributed by atoms with Gasteiger partial charge in [0.25, 0.3) is 5.91 Å². The number of hydrogen-bond donors (Lipinski definition) is 2. The monoisotopic (exact) mass is 522 g/mol. The third-order valence-electron chi connectivity index (χ3n) is 6.50.